The average Bonchev–Trinajstić information content (AvgIpc) is 3.01. The summed E-state index contributed by atoms with van der Waals surface area (Å²) in [5, 5.41) is 2.75. The highest BCUT2D eigenvalue weighted by Gasteiger charge is 2.29. The predicted octanol–water partition coefficient (Wildman–Crippen LogP) is 2.33. The van der Waals surface area contributed by atoms with E-state index in [9.17, 15) is 9.59 Å². The highest BCUT2D eigenvalue weighted by molar-refractivity contribution is 5.96. The minimum Gasteiger partial charge on any atom is -0.456 e. The van der Waals surface area contributed by atoms with Gasteiger partial charge < -0.3 is 14.8 Å². The van der Waals surface area contributed by atoms with Crippen LogP contribution in [-0.4, -0.2) is 44.4 Å². The van der Waals surface area contributed by atoms with E-state index < -0.39 is 0 Å². The quantitative estimate of drug-likeness (QED) is 0.865. The molecule has 2 amide bonds. The molecule has 1 N–H and O–H groups in total. The minimum atomic E-state index is -0.361. The molecule has 1 saturated carbocycles. The van der Waals surface area contributed by atoms with Crippen LogP contribution >= 0.6 is 0 Å². The molecular weight excluding hydrogens is 296 g/mol. The largest absolute Gasteiger partial charge is 0.456 e. The van der Waals surface area contributed by atoms with E-state index in [4.69, 9.17) is 9.47 Å². The van der Waals surface area contributed by atoms with Crippen molar-refractivity contribution in [1.29, 1.82) is 0 Å². The topological polar surface area (TPSA) is 67.9 Å². The first-order valence-corrected chi connectivity index (χ1v) is 8.08. The molecule has 0 radical (unpaired) electrons. The van der Waals surface area contributed by atoms with E-state index >= 15 is 0 Å². The lowest BCUT2D eigenvalue weighted by molar-refractivity contribution is -0.0539. The normalized spacial score (nSPS) is 24.4. The highest BCUT2D eigenvalue weighted by Crippen LogP contribution is 2.25. The number of rotatable bonds is 4. The second kappa shape index (κ2) is 7.00. The number of anilines is 1. The summed E-state index contributed by atoms with van der Waals surface area (Å²) in [5.74, 6) is -0.361. The maximum Gasteiger partial charge on any atom is 0.338 e. The van der Waals surface area contributed by atoms with E-state index in [1.165, 1.54) is 0 Å². The van der Waals surface area contributed by atoms with E-state index in [0.717, 1.165) is 25.7 Å². The second-order valence-corrected chi connectivity index (χ2v) is 5.94. The molecule has 1 aliphatic heterocycles. The number of methoxy groups -OCH3 is 1. The predicted molar refractivity (Wildman–Crippen MR) is 85.7 cm³/mol. The van der Waals surface area contributed by atoms with Crippen molar-refractivity contribution in [2.75, 3.05) is 25.1 Å². The highest BCUT2D eigenvalue weighted by atomic mass is 16.6. The van der Waals surface area contributed by atoms with Crippen molar-refractivity contribution < 1.29 is 19.1 Å². The van der Waals surface area contributed by atoms with Gasteiger partial charge in [-0.15, -0.1) is 0 Å². The van der Waals surface area contributed by atoms with Crippen LogP contribution in [0.1, 0.15) is 36.0 Å². The van der Waals surface area contributed by atoms with Crippen molar-refractivity contribution in [2.45, 2.75) is 37.9 Å². The third kappa shape index (κ3) is 3.47. The van der Waals surface area contributed by atoms with Crippen molar-refractivity contribution in [3.63, 3.8) is 0 Å². The van der Waals surface area contributed by atoms with Crippen LogP contribution in [0.3, 0.4) is 0 Å². The Hall–Kier alpha value is -2.08. The van der Waals surface area contributed by atoms with Crippen LogP contribution in [0.5, 0.6) is 0 Å². The first-order valence-electron chi connectivity index (χ1n) is 8.08. The van der Waals surface area contributed by atoms with E-state index in [2.05, 4.69) is 5.32 Å². The molecule has 0 aromatic heterocycles. The van der Waals surface area contributed by atoms with Gasteiger partial charge in [0.05, 0.1) is 11.7 Å². The van der Waals surface area contributed by atoms with Gasteiger partial charge in [0.25, 0.3) is 0 Å². The average molecular weight is 318 g/mol. The van der Waals surface area contributed by atoms with Gasteiger partial charge in [0.1, 0.15) is 6.10 Å². The lowest BCUT2D eigenvalue weighted by atomic mass is 9.94. The molecule has 2 atom stereocenters. The molecule has 0 spiro atoms. The van der Waals surface area contributed by atoms with Crippen molar-refractivity contribution in [3.8, 4) is 0 Å². The van der Waals surface area contributed by atoms with Crippen LogP contribution < -0.4 is 10.2 Å². The molecule has 6 nitrogen and oxygen atoms in total. The van der Waals surface area contributed by atoms with Gasteiger partial charge in [0.2, 0.25) is 0 Å². The van der Waals surface area contributed by atoms with Gasteiger partial charge in [-0.3, -0.25) is 4.90 Å². The number of nitrogens with zero attached hydrogens (tertiary/aromatic N) is 1. The fourth-order valence-electron chi connectivity index (χ4n) is 3.19. The summed E-state index contributed by atoms with van der Waals surface area (Å²) < 4.78 is 11.1. The zero-order valence-corrected chi connectivity index (χ0v) is 13.3. The Morgan fingerprint density at radius 2 is 2.04 bits per heavy atom. The van der Waals surface area contributed by atoms with Gasteiger partial charge in [0, 0.05) is 25.9 Å². The van der Waals surface area contributed by atoms with Gasteiger partial charge in [-0.05, 0) is 37.5 Å². The molecule has 1 heterocycles. The molecule has 0 bridgehead atoms. The van der Waals surface area contributed by atoms with E-state index in [-0.39, 0.29) is 24.2 Å². The molecule has 2 aliphatic rings. The maximum atomic E-state index is 12.4. The van der Waals surface area contributed by atoms with Gasteiger partial charge in [0.15, 0.2) is 0 Å². The number of amides is 2. The number of ether oxygens (including phenoxy) is 2. The van der Waals surface area contributed by atoms with Crippen LogP contribution in [-0.2, 0) is 9.47 Å². The Kier molecular flexibility index (Phi) is 4.81. The Morgan fingerprint density at radius 3 is 2.74 bits per heavy atom. The number of esters is 1. The van der Waals surface area contributed by atoms with Crippen LogP contribution in [0.2, 0.25) is 0 Å². The summed E-state index contributed by atoms with van der Waals surface area (Å²) >= 11 is 0. The van der Waals surface area contributed by atoms with Crippen LogP contribution in [0.4, 0.5) is 10.5 Å². The number of carbonyl (C=O) groups excluding carboxylic acids is 2. The smallest absolute Gasteiger partial charge is 0.338 e. The number of benzene rings is 1. The van der Waals surface area contributed by atoms with Crippen molar-refractivity contribution in [1.82, 2.24) is 5.32 Å². The molecule has 124 valence electrons. The molecule has 6 heteroatoms. The molecule has 1 saturated heterocycles. The van der Waals surface area contributed by atoms with Gasteiger partial charge >= 0.3 is 12.0 Å². The monoisotopic (exact) mass is 318 g/mol. The standard InChI is InChI=1S/C17H22N2O4/c1-22-14-7-2-3-8-15(14)23-16(20)12-5-4-6-13(11-12)19-10-9-18-17(19)21/h4-6,11,14-15H,2-3,7-10H2,1H3,(H,18,21)/t14-,15+/m0/s1. The third-order valence-electron chi connectivity index (χ3n) is 4.45. The molecule has 2 fully saturated rings. The summed E-state index contributed by atoms with van der Waals surface area (Å²) in [5.41, 5.74) is 1.17. The van der Waals surface area contributed by atoms with Crippen LogP contribution in [0, 0.1) is 0 Å². The Labute approximate surface area is 135 Å². The fourth-order valence-corrected chi connectivity index (χ4v) is 3.19. The molecular formula is C17H22N2O4. The zero-order chi connectivity index (χ0) is 16.2. The number of carbonyl (C=O) groups is 2. The molecule has 1 aromatic rings. The number of hydrogen-bond acceptors (Lipinski definition) is 4. The van der Waals surface area contributed by atoms with Gasteiger partial charge in [-0.1, -0.05) is 12.5 Å². The van der Waals surface area contributed by atoms with Crippen LogP contribution in [0.25, 0.3) is 0 Å². The molecule has 1 aromatic carbocycles. The number of urea groups is 1. The summed E-state index contributed by atoms with van der Waals surface area (Å²) in [7, 11) is 1.66. The van der Waals surface area contributed by atoms with Crippen molar-refractivity contribution in [3.05, 3.63) is 29.8 Å². The summed E-state index contributed by atoms with van der Waals surface area (Å²) in [4.78, 5) is 25.8. The lowest BCUT2D eigenvalue weighted by Crippen LogP contribution is -2.35. The fraction of sp³-hybridized carbons (Fsp3) is 0.529. The Morgan fingerprint density at radius 1 is 1.26 bits per heavy atom. The zero-order valence-electron chi connectivity index (χ0n) is 13.3. The second-order valence-electron chi connectivity index (χ2n) is 5.94. The van der Waals surface area contributed by atoms with E-state index in [1.54, 1.807) is 30.2 Å². The first-order chi connectivity index (χ1) is 11.2. The van der Waals surface area contributed by atoms with Crippen molar-refractivity contribution >= 4 is 17.7 Å². The summed E-state index contributed by atoms with van der Waals surface area (Å²) in [6.07, 6.45) is 3.68. The Balaban J connectivity index is 1.71. The summed E-state index contributed by atoms with van der Waals surface area (Å²) in [6, 6.07) is 6.87. The molecule has 23 heavy (non-hydrogen) atoms. The van der Waals surface area contributed by atoms with E-state index in [1.807, 2.05) is 6.07 Å². The van der Waals surface area contributed by atoms with Crippen molar-refractivity contribution in [2.24, 2.45) is 0 Å². The maximum absolute atomic E-state index is 12.4. The van der Waals surface area contributed by atoms with Gasteiger partial charge in [-0.25, -0.2) is 9.59 Å². The third-order valence-corrected chi connectivity index (χ3v) is 4.45. The van der Waals surface area contributed by atoms with Crippen LogP contribution in [0.15, 0.2) is 24.3 Å². The molecule has 0 unspecified atom stereocenters. The SMILES string of the molecule is CO[C@H]1CCCC[C@H]1OC(=O)c1cccc(N2CCNC2=O)c1. The number of hydrogen-bond donors (Lipinski definition) is 1. The molecule has 1 aliphatic carbocycles. The summed E-state index contributed by atoms with van der Waals surface area (Å²) in [6.45, 7) is 1.22. The number of nitrogens with one attached hydrogen (secondary N) is 1. The molecule has 3 rings (SSSR count). The van der Waals surface area contributed by atoms with E-state index in [0.29, 0.717) is 24.3 Å². The minimum absolute atomic E-state index is 0.0276. The van der Waals surface area contributed by atoms with Gasteiger partial charge in [-0.2, -0.15) is 0 Å². The Bertz CT molecular complexity index is 590. The first kappa shape index (κ1) is 15.8. The lowest BCUT2D eigenvalue weighted by Gasteiger charge is -2.30.